The predicted molar refractivity (Wildman–Crippen MR) is 69.5 cm³/mol. The fourth-order valence-corrected chi connectivity index (χ4v) is 2.19. The second-order valence-corrected chi connectivity index (χ2v) is 5.10. The van der Waals surface area contributed by atoms with Gasteiger partial charge in [-0.1, -0.05) is 30.3 Å². The van der Waals surface area contributed by atoms with Gasteiger partial charge in [-0.2, -0.15) is 0 Å². The number of ketones is 1. The second kappa shape index (κ2) is 5.63. The number of hydrogen-bond donors (Lipinski definition) is 0. The molecule has 1 aliphatic heterocycles. The van der Waals surface area contributed by atoms with E-state index in [2.05, 4.69) is 0 Å². The SMILES string of the molecule is CC1(C)OCC[C@@H](CCC(=O)c2ccccc2)O1. The molecule has 1 aliphatic rings. The number of carbonyl (C=O) groups excluding carboxylic acids is 1. The molecule has 1 saturated heterocycles. The lowest BCUT2D eigenvalue weighted by molar-refractivity contribution is -0.273. The van der Waals surface area contributed by atoms with E-state index in [1.165, 1.54) is 0 Å². The Labute approximate surface area is 108 Å². The van der Waals surface area contributed by atoms with Gasteiger partial charge >= 0.3 is 0 Å². The van der Waals surface area contributed by atoms with E-state index in [1.807, 2.05) is 44.2 Å². The molecular formula is C15H20O3. The van der Waals surface area contributed by atoms with Crippen molar-refractivity contribution in [1.82, 2.24) is 0 Å². The maximum absolute atomic E-state index is 12.0. The largest absolute Gasteiger partial charge is 0.350 e. The highest BCUT2D eigenvalue weighted by Gasteiger charge is 2.29. The van der Waals surface area contributed by atoms with Crippen LogP contribution in [0.2, 0.25) is 0 Å². The highest BCUT2D eigenvalue weighted by molar-refractivity contribution is 5.95. The molecule has 3 nitrogen and oxygen atoms in total. The Morgan fingerprint density at radius 3 is 2.72 bits per heavy atom. The summed E-state index contributed by atoms with van der Waals surface area (Å²) < 4.78 is 11.3. The maximum Gasteiger partial charge on any atom is 0.163 e. The van der Waals surface area contributed by atoms with Crippen molar-refractivity contribution >= 4 is 5.78 Å². The van der Waals surface area contributed by atoms with Gasteiger partial charge < -0.3 is 9.47 Å². The quantitative estimate of drug-likeness (QED) is 0.768. The topological polar surface area (TPSA) is 35.5 Å². The molecule has 0 aromatic heterocycles. The minimum atomic E-state index is -0.515. The fourth-order valence-electron chi connectivity index (χ4n) is 2.19. The van der Waals surface area contributed by atoms with Gasteiger partial charge in [0.1, 0.15) is 0 Å². The first-order chi connectivity index (χ1) is 8.57. The zero-order valence-electron chi connectivity index (χ0n) is 11.0. The smallest absolute Gasteiger partial charge is 0.163 e. The molecule has 0 N–H and O–H groups in total. The minimum absolute atomic E-state index is 0.126. The summed E-state index contributed by atoms with van der Waals surface area (Å²) in [5.74, 6) is -0.331. The molecule has 98 valence electrons. The van der Waals surface area contributed by atoms with Crippen LogP contribution in [0.1, 0.15) is 43.5 Å². The van der Waals surface area contributed by atoms with Crippen LogP contribution in [-0.4, -0.2) is 24.3 Å². The molecule has 1 fully saturated rings. The summed E-state index contributed by atoms with van der Waals surface area (Å²) in [5.41, 5.74) is 0.781. The third-order valence-electron chi connectivity index (χ3n) is 3.13. The number of rotatable bonds is 4. The third kappa shape index (κ3) is 3.65. The lowest BCUT2D eigenvalue weighted by Gasteiger charge is -2.36. The monoisotopic (exact) mass is 248 g/mol. The number of hydrogen-bond acceptors (Lipinski definition) is 3. The highest BCUT2D eigenvalue weighted by Crippen LogP contribution is 2.24. The zero-order chi connectivity index (χ0) is 13.0. The highest BCUT2D eigenvalue weighted by atomic mass is 16.7. The van der Waals surface area contributed by atoms with Gasteiger partial charge in [0, 0.05) is 12.0 Å². The molecule has 1 heterocycles. The fraction of sp³-hybridized carbons (Fsp3) is 0.533. The van der Waals surface area contributed by atoms with E-state index in [9.17, 15) is 4.79 Å². The maximum atomic E-state index is 12.0. The van der Waals surface area contributed by atoms with Gasteiger partial charge in [0.05, 0.1) is 12.7 Å². The average molecular weight is 248 g/mol. The molecule has 0 spiro atoms. The molecule has 3 heteroatoms. The molecule has 18 heavy (non-hydrogen) atoms. The lowest BCUT2D eigenvalue weighted by Crippen LogP contribution is -2.39. The molecule has 0 unspecified atom stereocenters. The zero-order valence-corrected chi connectivity index (χ0v) is 11.0. The standard InChI is InChI=1S/C15H20O3/c1-15(2)17-11-10-13(18-15)8-9-14(16)12-6-4-3-5-7-12/h3-7,13H,8-11H2,1-2H3/t13-/m1/s1. The average Bonchev–Trinajstić information content (AvgIpc) is 2.36. The van der Waals surface area contributed by atoms with E-state index in [-0.39, 0.29) is 11.9 Å². The summed E-state index contributed by atoms with van der Waals surface area (Å²) in [4.78, 5) is 12.0. The van der Waals surface area contributed by atoms with Crippen molar-refractivity contribution < 1.29 is 14.3 Å². The lowest BCUT2D eigenvalue weighted by atomic mass is 10.0. The molecule has 1 aromatic rings. The number of Topliss-reactive ketones (excluding diaryl/α,β-unsaturated/α-hetero) is 1. The van der Waals surface area contributed by atoms with Crippen LogP contribution in [0, 0.1) is 0 Å². The van der Waals surface area contributed by atoms with E-state index < -0.39 is 5.79 Å². The Hall–Kier alpha value is -1.19. The van der Waals surface area contributed by atoms with E-state index in [0.717, 1.165) is 18.4 Å². The summed E-state index contributed by atoms with van der Waals surface area (Å²) in [6.07, 6.45) is 2.29. The molecule has 0 aliphatic carbocycles. The van der Waals surface area contributed by atoms with Crippen LogP contribution in [0.5, 0.6) is 0 Å². The number of carbonyl (C=O) groups is 1. The Bertz CT molecular complexity index is 397. The third-order valence-corrected chi connectivity index (χ3v) is 3.13. The molecular weight excluding hydrogens is 228 g/mol. The molecule has 1 aromatic carbocycles. The van der Waals surface area contributed by atoms with Gasteiger partial charge in [-0.05, 0) is 26.7 Å². The normalized spacial score (nSPS) is 22.7. The van der Waals surface area contributed by atoms with Crippen molar-refractivity contribution in [2.45, 2.75) is 45.0 Å². The first kappa shape index (κ1) is 13.2. The Morgan fingerprint density at radius 2 is 2.06 bits per heavy atom. The molecule has 0 radical (unpaired) electrons. The van der Waals surface area contributed by atoms with Gasteiger partial charge in [-0.15, -0.1) is 0 Å². The molecule has 1 atom stereocenters. The van der Waals surface area contributed by atoms with Gasteiger partial charge in [-0.3, -0.25) is 4.79 Å². The Balaban J connectivity index is 1.83. The van der Waals surface area contributed by atoms with Gasteiger partial charge in [0.15, 0.2) is 11.6 Å². The molecule has 0 bridgehead atoms. The Morgan fingerprint density at radius 1 is 1.33 bits per heavy atom. The molecule has 0 amide bonds. The predicted octanol–water partition coefficient (Wildman–Crippen LogP) is 3.19. The van der Waals surface area contributed by atoms with E-state index >= 15 is 0 Å². The van der Waals surface area contributed by atoms with E-state index in [1.54, 1.807) is 0 Å². The first-order valence-corrected chi connectivity index (χ1v) is 6.47. The summed E-state index contributed by atoms with van der Waals surface area (Å²) in [6, 6.07) is 9.41. The van der Waals surface area contributed by atoms with E-state index in [0.29, 0.717) is 13.0 Å². The van der Waals surface area contributed by atoms with Crippen LogP contribution < -0.4 is 0 Å². The molecule has 2 rings (SSSR count). The van der Waals surface area contributed by atoms with Crippen molar-refractivity contribution in [3.05, 3.63) is 35.9 Å². The summed E-state index contributed by atoms with van der Waals surface area (Å²) in [6.45, 7) is 4.54. The van der Waals surface area contributed by atoms with E-state index in [4.69, 9.17) is 9.47 Å². The summed E-state index contributed by atoms with van der Waals surface area (Å²) >= 11 is 0. The van der Waals surface area contributed by atoms with Gasteiger partial charge in [0.2, 0.25) is 0 Å². The van der Waals surface area contributed by atoms with Crippen LogP contribution in [0.15, 0.2) is 30.3 Å². The molecule has 0 saturated carbocycles. The van der Waals surface area contributed by atoms with Crippen molar-refractivity contribution in [1.29, 1.82) is 0 Å². The van der Waals surface area contributed by atoms with Crippen LogP contribution in [0.25, 0.3) is 0 Å². The van der Waals surface area contributed by atoms with Crippen molar-refractivity contribution in [2.24, 2.45) is 0 Å². The van der Waals surface area contributed by atoms with Crippen LogP contribution in [-0.2, 0) is 9.47 Å². The van der Waals surface area contributed by atoms with Gasteiger partial charge in [-0.25, -0.2) is 0 Å². The Kier molecular flexibility index (Phi) is 4.15. The minimum Gasteiger partial charge on any atom is -0.350 e. The van der Waals surface area contributed by atoms with Crippen LogP contribution >= 0.6 is 0 Å². The summed E-state index contributed by atoms with van der Waals surface area (Å²) in [7, 11) is 0. The van der Waals surface area contributed by atoms with Crippen molar-refractivity contribution in [2.75, 3.05) is 6.61 Å². The number of benzene rings is 1. The second-order valence-electron chi connectivity index (χ2n) is 5.10. The van der Waals surface area contributed by atoms with Crippen molar-refractivity contribution in [3.8, 4) is 0 Å². The number of ether oxygens (including phenoxy) is 2. The first-order valence-electron chi connectivity index (χ1n) is 6.47. The van der Waals surface area contributed by atoms with Crippen molar-refractivity contribution in [3.63, 3.8) is 0 Å². The van der Waals surface area contributed by atoms with Gasteiger partial charge in [0.25, 0.3) is 0 Å². The van der Waals surface area contributed by atoms with Crippen LogP contribution in [0.4, 0.5) is 0 Å². The summed E-state index contributed by atoms with van der Waals surface area (Å²) in [5, 5.41) is 0. The van der Waals surface area contributed by atoms with Crippen LogP contribution in [0.3, 0.4) is 0 Å².